The first-order valence-corrected chi connectivity index (χ1v) is 6.03. The number of carbonyl (C=O) groups excluding carboxylic acids is 1. The zero-order chi connectivity index (χ0) is 12.1. The molecule has 0 aromatic carbocycles. The summed E-state index contributed by atoms with van der Waals surface area (Å²) in [6, 6.07) is 0. The standard InChI is InChI=1S/C10H15Br2NO2/c1-4-15-9(14)10(13,5-7(2)11)6-8(3)12/h2-6,13H2,1H3. The van der Waals surface area contributed by atoms with Gasteiger partial charge in [0, 0.05) is 12.8 Å². The third kappa shape index (κ3) is 5.49. The molecule has 0 heterocycles. The van der Waals surface area contributed by atoms with Gasteiger partial charge in [-0.2, -0.15) is 0 Å². The van der Waals surface area contributed by atoms with Crippen LogP contribution in [0.4, 0.5) is 0 Å². The van der Waals surface area contributed by atoms with Gasteiger partial charge in [0.2, 0.25) is 0 Å². The Kier molecular flexibility index (Phi) is 6.40. The molecule has 86 valence electrons. The molecule has 0 saturated heterocycles. The maximum absolute atomic E-state index is 11.7. The van der Waals surface area contributed by atoms with Crippen molar-refractivity contribution < 1.29 is 9.53 Å². The van der Waals surface area contributed by atoms with Gasteiger partial charge in [-0.1, -0.05) is 45.0 Å². The van der Waals surface area contributed by atoms with Gasteiger partial charge in [-0.05, 0) is 15.9 Å². The van der Waals surface area contributed by atoms with Crippen LogP contribution in [0, 0.1) is 0 Å². The fraction of sp³-hybridized carbons (Fsp3) is 0.500. The largest absolute Gasteiger partial charge is 0.465 e. The van der Waals surface area contributed by atoms with Crippen molar-refractivity contribution in [1.29, 1.82) is 0 Å². The van der Waals surface area contributed by atoms with Crippen LogP contribution in [-0.4, -0.2) is 18.1 Å². The predicted octanol–water partition coefficient (Wildman–Crippen LogP) is 2.84. The summed E-state index contributed by atoms with van der Waals surface area (Å²) in [7, 11) is 0. The van der Waals surface area contributed by atoms with Crippen LogP contribution >= 0.6 is 31.9 Å². The molecule has 0 spiro atoms. The Labute approximate surface area is 107 Å². The molecule has 5 heteroatoms. The molecule has 0 rings (SSSR count). The van der Waals surface area contributed by atoms with Crippen molar-refractivity contribution in [2.45, 2.75) is 25.3 Å². The van der Waals surface area contributed by atoms with Crippen LogP contribution < -0.4 is 5.73 Å². The van der Waals surface area contributed by atoms with Crippen molar-refractivity contribution in [2.24, 2.45) is 5.73 Å². The number of hydrogen-bond acceptors (Lipinski definition) is 3. The number of carbonyl (C=O) groups is 1. The normalized spacial score (nSPS) is 10.9. The maximum Gasteiger partial charge on any atom is 0.326 e. The van der Waals surface area contributed by atoms with E-state index in [1.807, 2.05) is 0 Å². The monoisotopic (exact) mass is 339 g/mol. The highest BCUT2D eigenvalue weighted by molar-refractivity contribution is 9.12. The van der Waals surface area contributed by atoms with Crippen LogP contribution in [0.3, 0.4) is 0 Å². The third-order valence-electron chi connectivity index (χ3n) is 1.70. The van der Waals surface area contributed by atoms with Gasteiger partial charge in [-0.15, -0.1) is 0 Å². The quantitative estimate of drug-likeness (QED) is 0.756. The van der Waals surface area contributed by atoms with E-state index in [2.05, 4.69) is 45.0 Å². The van der Waals surface area contributed by atoms with Gasteiger partial charge in [-0.25, -0.2) is 0 Å². The zero-order valence-electron chi connectivity index (χ0n) is 8.69. The van der Waals surface area contributed by atoms with E-state index in [0.717, 1.165) is 0 Å². The first-order chi connectivity index (χ1) is 6.81. The summed E-state index contributed by atoms with van der Waals surface area (Å²) >= 11 is 6.38. The minimum Gasteiger partial charge on any atom is -0.465 e. The van der Waals surface area contributed by atoms with E-state index in [0.29, 0.717) is 28.4 Å². The van der Waals surface area contributed by atoms with Crippen LogP contribution in [0.1, 0.15) is 19.8 Å². The fourth-order valence-electron chi connectivity index (χ4n) is 1.17. The molecule has 0 bridgehead atoms. The van der Waals surface area contributed by atoms with E-state index in [-0.39, 0.29) is 0 Å². The molecule has 3 nitrogen and oxygen atoms in total. The summed E-state index contributed by atoms with van der Waals surface area (Å²) in [4.78, 5) is 11.7. The van der Waals surface area contributed by atoms with Crippen LogP contribution in [0.25, 0.3) is 0 Å². The molecule has 15 heavy (non-hydrogen) atoms. The first-order valence-electron chi connectivity index (χ1n) is 4.44. The van der Waals surface area contributed by atoms with Gasteiger partial charge in [-0.3, -0.25) is 4.79 Å². The maximum atomic E-state index is 11.7. The average molecular weight is 341 g/mol. The Morgan fingerprint density at radius 1 is 1.33 bits per heavy atom. The molecule has 0 amide bonds. The third-order valence-corrected chi connectivity index (χ3v) is 2.26. The van der Waals surface area contributed by atoms with Gasteiger partial charge in [0.1, 0.15) is 5.54 Å². The van der Waals surface area contributed by atoms with Crippen molar-refractivity contribution in [1.82, 2.24) is 0 Å². The van der Waals surface area contributed by atoms with E-state index < -0.39 is 11.5 Å². The minimum atomic E-state index is -1.10. The summed E-state index contributed by atoms with van der Waals surface area (Å²) in [5, 5.41) is 0. The van der Waals surface area contributed by atoms with E-state index in [1.165, 1.54) is 0 Å². The van der Waals surface area contributed by atoms with Crippen LogP contribution in [0.5, 0.6) is 0 Å². The summed E-state index contributed by atoms with van der Waals surface area (Å²) in [6.45, 7) is 9.39. The number of hydrogen-bond donors (Lipinski definition) is 1. The van der Waals surface area contributed by atoms with Gasteiger partial charge in [0.25, 0.3) is 0 Å². The molecule has 0 unspecified atom stereocenters. The van der Waals surface area contributed by atoms with Gasteiger partial charge < -0.3 is 10.5 Å². The first kappa shape index (κ1) is 14.9. The second kappa shape index (κ2) is 6.45. The SMILES string of the molecule is C=C(Br)CC(N)(CC(=C)Br)C(=O)OCC. The zero-order valence-corrected chi connectivity index (χ0v) is 11.9. The van der Waals surface area contributed by atoms with E-state index in [4.69, 9.17) is 10.5 Å². The van der Waals surface area contributed by atoms with Crippen molar-refractivity contribution >= 4 is 37.8 Å². The average Bonchev–Trinajstić information content (AvgIpc) is 2.01. The lowest BCUT2D eigenvalue weighted by Gasteiger charge is -2.26. The van der Waals surface area contributed by atoms with Crippen molar-refractivity contribution in [2.75, 3.05) is 6.61 Å². The number of esters is 1. The van der Waals surface area contributed by atoms with E-state index in [9.17, 15) is 4.79 Å². The summed E-state index contributed by atoms with van der Waals surface area (Å²) in [5.74, 6) is -0.439. The Hall–Kier alpha value is -0.130. The smallest absolute Gasteiger partial charge is 0.326 e. The van der Waals surface area contributed by atoms with Gasteiger partial charge in [0.15, 0.2) is 0 Å². The molecule has 0 aliphatic rings. The van der Waals surface area contributed by atoms with Crippen molar-refractivity contribution in [3.05, 3.63) is 22.1 Å². The van der Waals surface area contributed by atoms with Crippen LogP contribution in [-0.2, 0) is 9.53 Å². The molecule has 0 radical (unpaired) electrons. The molecular weight excluding hydrogens is 326 g/mol. The lowest BCUT2D eigenvalue weighted by atomic mass is 9.92. The second-order valence-corrected chi connectivity index (χ2v) is 5.51. The Balaban J connectivity index is 4.74. The highest BCUT2D eigenvalue weighted by atomic mass is 79.9. The molecule has 0 saturated carbocycles. The minimum absolute atomic E-state index is 0.307. The number of rotatable bonds is 6. The van der Waals surface area contributed by atoms with Crippen molar-refractivity contribution in [3.63, 3.8) is 0 Å². The Bertz CT molecular complexity index is 261. The molecule has 0 atom stereocenters. The molecule has 0 aliphatic carbocycles. The molecular formula is C10H15Br2NO2. The van der Waals surface area contributed by atoms with Gasteiger partial charge in [0.05, 0.1) is 6.61 Å². The topological polar surface area (TPSA) is 52.3 Å². The lowest BCUT2D eigenvalue weighted by molar-refractivity contribution is -0.149. The number of nitrogens with two attached hydrogens (primary N) is 1. The summed E-state index contributed by atoms with van der Waals surface area (Å²) in [6.07, 6.45) is 0.632. The number of halogens is 2. The Morgan fingerprint density at radius 3 is 2.00 bits per heavy atom. The molecule has 2 N–H and O–H groups in total. The molecule has 0 aromatic heterocycles. The summed E-state index contributed by atoms with van der Waals surface area (Å²) in [5.41, 5.74) is 4.87. The van der Waals surface area contributed by atoms with Crippen LogP contribution in [0.2, 0.25) is 0 Å². The van der Waals surface area contributed by atoms with E-state index in [1.54, 1.807) is 6.92 Å². The van der Waals surface area contributed by atoms with Gasteiger partial charge >= 0.3 is 5.97 Å². The molecule has 0 aliphatic heterocycles. The van der Waals surface area contributed by atoms with E-state index >= 15 is 0 Å². The lowest BCUT2D eigenvalue weighted by Crippen LogP contribution is -2.49. The summed E-state index contributed by atoms with van der Waals surface area (Å²) < 4.78 is 6.24. The van der Waals surface area contributed by atoms with Crippen LogP contribution in [0.15, 0.2) is 22.1 Å². The highest BCUT2D eigenvalue weighted by Gasteiger charge is 2.36. The van der Waals surface area contributed by atoms with Crippen molar-refractivity contribution in [3.8, 4) is 0 Å². The highest BCUT2D eigenvalue weighted by Crippen LogP contribution is 2.27. The molecule has 0 fully saturated rings. The Morgan fingerprint density at radius 2 is 1.73 bits per heavy atom. The second-order valence-electron chi connectivity index (χ2n) is 3.26. The predicted molar refractivity (Wildman–Crippen MR) is 68.9 cm³/mol. The molecule has 0 aromatic rings. The fourth-order valence-corrected chi connectivity index (χ4v) is 2.17. The number of ether oxygens (including phenoxy) is 1.